The fourth-order valence-electron chi connectivity index (χ4n) is 3.03. The van der Waals surface area contributed by atoms with E-state index in [9.17, 15) is 9.59 Å². The molecule has 0 radical (unpaired) electrons. The van der Waals surface area contributed by atoms with Crippen molar-refractivity contribution in [3.63, 3.8) is 0 Å². The second-order valence-electron chi connectivity index (χ2n) is 6.23. The number of unbranched alkanes of at least 4 members (excludes halogenated alkanes) is 1. The molecule has 0 unspecified atom stereocenters. The third-order valence-electron chi connectivity index (χ3n) is 4.38. The van der Waals surface area contributed by atoms with Gasteiger partial charge >= 0.3 is 0 Å². The van der Waals surface area contributed by atoms with Crippen LogP contribution in [0.2, 0.25) is 0 Å². The van der Waals surface area contributed by atoms with Crippen LogP contribution in [0, 0.1) is 0 Å². The molecule has 1 fully saturated rings. The minimum absolute atomic E-state index is 0.0754. The van der Waals surface area contributed by atoms with Gasteiger partial charge in [0.15, 0.2) is 0 Å². The van der Waals surface area contributed by atoms with Crippen LogP contribution in [-0.2, 0) is 9.59 Å². The maximum Gasteiger partial charge on any atom is 0.239 e. The molecule has 2 rings (SSSR count). The Hall–Kier alpha value is -1.92. The molecule has 6 nitrogen and oxygen atoms in total. The predicted molar refractivity (Wildman–Crippen MR) is 94.3 cm³/mol. The van der Waals surface area contributed by atoms with Gasteiger partial charge in [-0.25, -0.2) is 0 Å². The highest BCUT2D eigenvalue weighted by Crippen LogP contribution is 2.21. The number of benzene rings is 1. The van der Waals surface area contributed by atoms with Crippen molar-refractivity contribution >= 4 is 11.8 Å². The molecular formula is C18H28N4O2. The van der Waals surface area contributed by atoms with Gasteiger partial charge in [-0.05, 0) is 12.0 Å². The molecule has 2 amide bonds. The molecule has 1 aliphatic rings. The lowest BCUT2D eigenvalue weighted by atomic mass is 10.0. The molecule has 1 aromatic rings. The number of hydrogen-bond donors (Lipinski definition) is 2. The van der Waals surface area contributed by atoms with Crippen molar-refractivity contribution in [2.45, 2.75) is 25.8 Å². The summed E-state index contributed by atoms with van der Waals surface area (Å²) in [6.07, 6.45) is 2.09. The molecule has 1 aromatic carbocycles. The maximum absolute atomic E-state index is 11.9. The largest absolute Gasteiger partial charge is 0.368 e. The Morgan fingerprint density at radius 1 is 1.17 bits per heavy atom. The number of hydrogen-bond acceptors (Lipinski definition) is 4. The van der Waals surface area contributed by atoms with Crippen LogP contribution in [0.4, 0.5) is 0 Å². The molecule has 1 atom stereocenters. The first kappa shape index (κ1) is 18.4. The lowest BCUT2D eigenvalue weighted by molar-refractivity contribution is -0.126. The molecule has 6 heteroatoms. The number of rotatable bonds is 8. The summed E-state index contributed by atoms with van der Waals surface area (Å²) in [7, 11) is 0. The maximum atomic E-state index is 11.9. The van der Waals surface area contributed by atoms with Crippen molar-refractivity contribution in [2.24, 2.45) is 5.73 Å². The SMILES string of the molecule is CCCCNC(=O)CN1CCN([C@@H](C(N)=O)c2ccccc2)CC1. The fraction of sp³-hybridized carbons (Fsp3) is 0.556. The molecule has 0 spiro atoms. The van der Waals surface area contributed by atoms with Gasteiger partial charge in [0, 0.05) is 32.7 Å². The van der Waals surface area contributed by atoms with Gasteiger partial charge in [0.25, 0.3) is 0 Å². The van der Waals surface area contributed by atoms with Gasteiger partial charge in [-0.2, -0.15) is 0 Å². The summed E-state index contributed by atoms with van der Waals surface area (Å²) in [5, 5.41) is 2.94. The highest BCUT2D eigenvalue weighted by molar-refractivity contribution is 5.81. The van der Waals surface area contributed by atoms with Crippen LogP contribution < -0.4 is 11.1 Å². The molecule has 3 N–H and O–H groups in total. The summed E-state index contributed by atoms with van der Waals surface area (Å²) >= 11 is 0. The summed E-state index contributed by atoms with van der Waals surface area (Å²) in [5.41, 5.74) is 6.55. The van der Waals surface area contributed by atoms with Crippen LogP contribution in [0.5, 0.6) is 0 Å². The van der Waals surface area contributed by atoms with E-state index in [2.05, 4.69) is 22.0 Å². The Balaban J connectivity index is 1.84. The summed E-state index contributed by atoms with van der Waals surface area (Å²) in [6, 6.07) is 9.24. The third-order valence-corrected chi connectivity index (χ3v) is 4.38. The predicted octanol–water partition coefficient (Wildman–Crippen LogP) is 0.747. The van der Waals surface area contributed by atoms with Crippen molar-refractivity contribution in [1.29, 1.82) is 0 Å². The number of nitrogens with zero attached hydrogens (tertiary/aromatic N) is 2. The molecular weight excluding hydrogens is 304 g/mol. The third kappa shape index (κ3) is 5.32. The number of carbonyl (C=O) groups excluding carboxylic acids is 2. The number of nitrogens with two attached hydrogens (primary N) is 1. The summed E-state index contributed by atoms with van der Waals surface area (Å²) < 4.78 is 0. The molecule has 132 valence electrons. The number of carbonyl (C=O) groups is 2. The monoisotopic (exact) mass is 332 g/mol. The van der Waals surface area contributed by atoms with Crippen LogP contribution in [0.15, 0.2) is 30.3 Å². The fourth-order valence-corrected chi connectivity index (χ4v) is 3.03. The standard InChI is InChI=1S/C18H28N4O2/c1-2-3-9-20-16(23)14-21-10-12-22(13-11-21)17(18(19)24)15-7-5-4-6-8-15/h4-8,17H,2-3,9-14H2,1H3,(H2,19,24)(H,20,23)/t17-/m1/s1. The van der Waals surface area contributed by atoms with Crippen LogP contribution in [0.25, 0.3) is 0 Å². The van der Waals surface area contributed by atoms with E-state index in [-0.39, 0.29) is 11.8 Å². The summed E-state index contributed by atoms with van der Waals surface area (Å²) in [5.74, 6) is -0.252. The smallest absolute Gasteiger partial charge is 0.239 e. The van der Waals surface area contributed by atoms with Gasteiger partial charge in [-0.3, -0.25) is 19.4 Å². The highest BCUT2D eigenvalue weighted by Gasteiger charge is 2.29. The lowest BCUT2D eigenvalue weighted by Gasteiger charge is -2.38. The van der Waals surface area contributed by atoms with E-state index in [1.54, 1.807) is 0 Å². The Kier molecular flexibility index (Phi) is 7.21. The minimum atomic E-state index is -0.397. The van der Waals surface area contributed by atoms with Gasteiger partial charge in [0.1, 0.15) is 6.04 Å². The normalized spacial score (nSPS) is 17.4. The van der Waals surface area contributed by atoms with Crippen molar-refractivity contribution in [1.82, 2.24) is 15.1 Å². The van der Waals surface area contributed by atoms with Gasteiger partial charge < -0.3 is 11.1 Å². The second-order valence-corrected chi connectivity index (χ2v) is 6.23. The number of nitrogens with one attached hydrogen (secondary N) is 1. The van der Waals surface area contributed by atoms with E-state index in [1.807, 2.05) is 30.3 Å². The molecule has 24 heavy (non-hydrogen) atoms. The zero-order chi connectivity index (χ0) is 17.4. The molecule has 0 saturated carbocycles. The van der Waals surface area contributed by atoms with Crippen LogP contribution in [0.1, 0.15) is 31.4 Å². The second kappa shape index (κ2) is 9.39. The first-order valence-electron chi connectivity index (χ1n) is 8.69. The Morgan fingerprint density at radius 3 is 2.42 bits per heavy atom. The quantitative estimate of drug-likeness (QED) is 0.689. The van der Waals surface area contributed by atoms with Gasteiger partial charge in [0.05, 0.1) is 6.54 Å². The number of amides is 2. The minimum Gasteiger partial charge on any atom is -0.368 e. The first-order chi connectivity index (χ1) is 11.6. The van der Waals surface area contributed by atoms with E-state index in [0.29, 0.717) is 6.54 Å². The molecule has 0 bridgehead atoms. The van der Waals surface area contributed by atoms with Crippen molar-refractivity contribution in [3.8, 4) is 0 Å². The molecule has 1 saturated heterocycles. The van der Waals surface area contributed by atoms with Crippen LogP contribution in [-0.4, -0.2) is 60.9 Å². The average molecular weight is 332 g/mol. The highest BCUT2D eigenvalue weighted by atomic mass is 16.2. The number of piperazine rings is 1. The van der Waals surface area contributed by atoms with Crippen LogP contribution in [0.3, 0.4) is 0 Å². The zero-order valence-electron chi connectivity index (χ0n) is 14.4. The van der Waals surface area contributed by atoms with E-state index in [4.69, 9.17) is 5.73 Å². The molecule has 0 aliphatic carbocycles. The summed E-state index contributed by atoms with van der Waals surface area (Å²) in [6.45, 7) is 6.25. The Labute approximate surface area is 144 Å². The van der Waals surface area contributed by atoms with E-state index < -0.39 is 6.04 Å². The Bertz CT molecular complexity index is 527. The van der Waals surface area contributed by atoms with Crippen LogP contribution >= 0.6 is 0 Å². The van der Waals surface area contributed by atoms with E-state index in [0.717, 1.165) is 51.1 Å². The van der Waals surface area contributed by atoms with Gasteiger partial charge in [0.2, 0.25) is 11.8 Å². The molecule has 0 aromatic heterocycles. The van der Waals surface area contributed by atoms with E-state index in [1.165, 1.54) is 0 Å². The zero-order valence-corrected chi connectivity index (χ0v) is 14.4. The van der Waals surface area contributed by atoms with Crippen molar-refractivity contribution in [2.75, 3.05) is 39.3 Å². The Morgan fingerprint density at radius 2 is 1.83 bits per heavy atom. The van der Waals surface area contributed by atoms with Gasteiger partial charge in [-0.15, -0.1) is 0 Å². The molecule has 1 heterocycles. The average Bonchev–Trinajstić information content (AvgIpc) is 2.57. The van der Waals surface area contributed by atoms with Gasteiger partial charge in [-0.1, -0.05) is 43.7 Å². The van der Waals surface area contributed by atoms with E-state index >= 15 is 0 Å². The number of primary amides is 1. The lowest BCUT2D eigenvalue weighted by Crippen LogP contribution is -2.52. The summed E-state index contributed by atoms with van der Waals surface area (Å²) in [4.78, 5) is 28.0. The molecule has 1 aliphatic heterocycles. The van der Waals surface area contributed by atoms with Crippen molar-refractivity contribution in [3.05, 3.63) is 35.9 Å². The topological polar surface area (TPSA) is 78.7 Å². The first-order valence-corrected chi connectivity index (χ1v) is 8.69. The van der Waals surface area contributed by atoms with Crippen molar-refractivity contribution < 1.29 is 9.59 Å².